The Hall–Kier alpha value is -3.38. The zero-order valence-electron chi connectivity index (χ0n) is 23.4. The van der Waals surface area contributed by atoms with Crippen molar-refractivity contribution in [2.75, 3.05) is 70.8 Å². The summed E-state index contributed by atoms with van der Waals surface area (Å²) < 4.78 is 35.1. The van der Waals surface area contributed by atoms with E-state index in [4.69, 9.17) is 14.7 Å². The molecule has 40 heavy (non-hydrogen) atoms. The van der Waals surface area contributed by atoms with Crippen molar-refractivity contribution in [3.63, 3.8) is 0 Å². The van der Waals surface area contributed by atoms with E-state index in [2.05, 4.69) is 20.1 Å². The number of para-hydroxylation sites is 2. The van der Waals surface area contributed by atoms with Gasteiger partial charge in [0, 0.05) is 45.8 Å². The maximum Gasteiger partial charge on any atom is 0.296 e. The SMILES string of the molecule is CN(C)C(=O)CN(C)[C@H]1CC[C@H](CNc2nc(N3CCOCC3)cc(-n3c(C(F)F)nc4ccccc43)n2)CC1. The lowest BCUT2D eigenvalue weighted by molar-refractivity contribution is -0.130. The molecule has 1 amide bonds. The predicted molar refractivity (Wildman–Crippen MR) is 150 cm³/mol. The number of hydrogen-bond acceptors (Lipinski definition) is 8. The normalized spacial score (nSPS) is 19.9. The number of fused-ring (bicyclic) bond motifs is 1. The highest BCUT2D eigenvalue weighted by Gasteiger charge is 2.27. The molecule has 1 saturated carbocycles. The lowest BCUT2D eigenvalue weighted by atomic mass is 9.85. The first-order valence-corrected chi connectivity index (χ1v) is 13.9. The highest BCUT2D eigenvalue weighted by atomic mass is 19.3. The molecule has 0 atom stereocenters. The minimum absolute atomic E-state index is 0.111. The Labute approximate surface area is 233 Å². The fraction of sp³-hybridized carbons (Fsp3) is 0.571. The number of ether oxygens (including phenoxy) is 1. The van der Waals surface area contributed by atoms with Crippen molar-refractivity contribution in [3.8, 4) is 5.82 Å². The maximum atomic E-state index is 14.1. The van der Waals surface area contributed by atoms with Gasteiger partial charge >= 0.3 is 0 Å². The summed E-state index contributed by atoms with van der Waals surface area (Å²) in [5.74, 6) is 1.64. The average Bonchev–Trinajstić information content (AvgIpc) is 3.37. The summed E-state index contributed by atoms with van der Waals surface area (Å²) in [4.78, 5) is 31.7. The minimum Gasteiger partial charge on any atom is -0.378 e. The van der Waals surface area contributed by atoms with Crippen LogP contribution >= 0.6 is 0 Å². The Balaban J connectivity index is 1.34. The van der Waals surface area contributed by atoms with Gasteiger partial charge in [-0.05, 0) is 50.8 Å². The lowest BCUT2D eigenvalue weighted by Crippen LogP contribution is -2.42. The molecule has 12 heteroatoms. The third-order valence-electron chi connectivity index (χ3n) is 7.92. The van der Waals surface area contributed by atoms with E-state index in [9.17, 15) is 13.6 Å². The summed E-state index contributed by atoms with van der Waals surface area (Å²) in [6.45, 7) is 3.60. The van der Waals surface area contributed by atoms with Crippen LogP contribution in [0.2, 0.25) is 0 Å². The number of carbonyl (C=O) groups excluding carboxylic acids is 1. The van der Waals surface area contributed by atoms with Gasteiger partial charge < -0.3 is 19.9 Å². The quantitative estimate of drug-likeness (QED) is 0.428. The molecule has 2 aliphatic rings. The number of rotatable bonds is 9. The van der Waals surface area contributed by atoms with Crippen molar-refractivity contribution in [2.45, 2.75) is 38.2 Å². The number of likely N-dealkylation sites (N-methyl/N-ethyl adjacent to an activating group) is 2. The second-order valence-electron chi connectivity index (χ2n) is 10.9. The predicted octanol–water partition coefficient (Wildman–Crippen LogP) is 3.58. The standard InChI is InChI=1S/C28H38F2N8O2/c1-35(2)25(39)18-36(3)20-10-8-19(9-11-20)17-31-28-33-23(37-12-14-40-15-13-37)16-24(34-28)38-22-7-5-4-6-21(22)32-27(38)26(29)30/h4-7,16,19-20,26H,8-15,17-18H2,1-3H3,(H,31,33,34)/t19-,20-. The molecule has 2 fully saturated rings. The molecular weight excluding hydrogens is 518 g/mol. The molecule has 216 valence electrons. The fourth-order valence-electron chi connectivity index (χ4n) is 5.51. The third kappa shape index (κ3) is 6.33. The van der Waals surface area contributed by atoms with E-state index in [1.165, 1.54) is 4.57 Å². The zero-order valence-corrected chi connectivity index (χ0v) is 23.4. The highest BCUT2D eigenvalue weighted by molar-refractivity contribution is 5.78. The first-order chi connectivity index (χ1) is 19.3. The van der Waals surface area contributed by atoms with Gasteiger partial charge in [-0.1, -0.05) is 12.1 Å². The molecule has 1 N–H and O–H groups in total. The van der Waals surface area contributed by atoms with Crippen molar-refractivity contribution in [1.82, 2.24) is 29.3 Å². The average molecular weight is 557 g/mol. The molecule has 2 aromatic heterocycles. The van der Waals surface area contributed by atoms with E-state index in [0.717, 1.165) is 25.7 Å². The Bertz CT molecular complexity index is 1300. The van der Waals surface area contributed by atoms with Crippen LogP contribution in [0.15, 0.2) is 30.3 Å². The van der Waals surface area contributed by atoms with E-state index in [1.807, 2.05) is 13.1 Å². The van der Waals surface area contributed by atoms with Crippen molar-refractivity contribution in [3.05, 3.63) is 36.2 Å². The van der Waals surface area contributed by atoms with Gasteiger partial charge in [0.2, 0.25) is 11.9 Å². The largest absolute Gasteiger partial charge is 0.378 e. The van der Waals surface area contributed by atoms with Crippen molar-refractivity contribution in [2.24, 2.45) is 5.92 Å². The summed E-state index contributed by atoms with van der Waals surface area (Å²) in [5, 5.41) is 3.41. The van der Waals surface area contributed by atoms with E-state index in [1.54, 1.807) is 43.3 Å². The van der Waals surface area contributed by atoms with E-state index in [-0.39, 0.29) is 11.7 Å². The first-order valence-electron chi connectivity index (χ1n) is 13.9. The molecule has 10 nitrogen and oxygen atoms in total. The van der Waals surface area contributed by atoms with Gasteiger partial charge in [0.1, 0.15) is 11.6 Å². The summed E-state index contributed by atoms with van der Waals surface area (Å²) in [6, 6.07) is 9.24. The number of nitrogens with zero attached hydrogens (tertiary/aromatic N) is 7. The Morgan fingerprint density at radius 2 is 1.75 bits per heavy atom. The molecule has 1 aromatic carbocycles. The molecular formula is C28H38F2N8O2. The Kier molecular flexibility index (Phi) is 8.75. The summed E-state index contributed by atoms with van der Waals surface area (Å²) in [7, 11) is 5.58. The third-order valence-corrected chi connectivity index (χ3v) is 7.92. The van der Waals surface area contributed by atoms with Gasteiger partial charge in [0.15, 0.2) is 5.82 Å². The molecule has 5 rings (SSSR count). The van der Waals surface area contributed by atoms with Gasteiger partial charge in [-0.25, -0.2) is 13.8 Å². The first kappa shape index (κ1) is 28.2. The molecule has 3 aromatic rings. The number of benzene rings is 1. The molecule has 1 saturated heterocycles. The monoisotopic (exact) mass is 556 g/mol. The zero-order chi connectivity index (χ0) is 28.2. The number of imidazole rings is 1. The molecule has 1 aliphatic heterocycles. The highest BCUT2D eigenvalue weighted by Crippen LogP contribution is 2.30. The number of hydrogen-bond donors (Lipinski definition) is 1. The van der Waals surface area contributed by atoms with E-state index >= 15 is 0 Å². The number of aromatic nitrogens is 4. The number of amides is 1. The van der Waals surface area contributed by atoms with Crippen LogP contribution < -0.4 is 10.2 Å². The number of anilines is 2. The second-order valence-corrected chi connectivity index (χ2v) is 10.9. The summed E-state index contributed by atoms with van der Waals surface area (Å²) in [5.41, 5.74) is 1.07. The van der Waals surface area contributed by atoms with Gasteiger partial charge in [0.25, 0.3) is 6.43 Å². The van der Waals surface area contributed by atoms with Crippen LogP contribution in [0.4, 0.5) is 20.5 Å². The smallest absolute Gasteiger partial charge is 0.296 e. The van der Waals surface area contributed by atoms with Crippen molar-refractivity contribution < 1.29 is 18.3 Å². The molecule has 0 bridgehead atoms. The Morgan fingerprint density at radius 1 is 1.05 bits per heavy atom. The number of carbonyl (C=O) groups is 1. The number of alkyl halides is 2. The molecule has 0 unspecified atom stereocenters. The van der Waals surface area contributed by atoms with Crippen LogP contribution in [0, 0.1) is 5.92 Å². The second kappa shape index (κ2) is 12.4. The molecule has 3 heterocycles. The fourth-order valence-corrected chi connectivity index (χ4v) is 5.51. The summed E-state index contributed by atoms with van der Waals surface area (Å²) in [6.07, 6.45) is 1.32. The minimum atomic E-state index is -2.76. The van der Waals surface area contributed by atoms with Crippen LogP contribution in [-0.2, 0) is 9.53 Å². The molecule has 0 radical (unpaired) electrons. The van der Waals surface area contributed by atoms with Crippen LogP contribution in [0.25, 0.3) is 16.9 Å². The van der Waals surface area contributed by atoms with Crippen LogP contribution in [-0.4, -0.2) is 102 Å². The van der Waals surface area contributed by atoms with Crippen LogP contribution in [0.3, 0.4) is 0 Å². The summed E-state index contributed by atoms with van der Waals surface area (Å²) >= 11 is 0. The van der Waals surface area contributed by atoms with E-state index in [0.29, 0.717) is 80.0 Å². The lowest BCUT2D eigenvalue weighted by Gasteiger charge is -2.35. The van der Waals surface area contributed by atoms with E-state index < -0.39 is 6.43 Å². The van der Waals surface area contributed by atoms with Crippen molar-refractivity contribution >= 4 is 28.7 Å². The van der Waals surface area contributed by atoms with Gasteiger partial charge in [-0.2, -0.15) is 9.97 Å². The topological polar surface area (TPSA) is 91.7 Å². The molecule has 1 aliphatic carbocycles. The van der Waals surface area contributed by atoms with Crippen LogP contribution in [0.5, 0.6) is 0 Å². The maximum absolute atomic E-state index is 14.1. The van der Waals surface area contributed by atoms with Crippen LogP contribution in [0.1, 0.15) is 37.9 Å². The number of nitrogens with one attached hydrogen (secondary N) is 1. The Morgan fingerprint density at radius 3 is 2.45 bits per heavy atom. The van der Waals surface area contributed by atoms with Gasteiger partial charge in [-0.3, -0.25) is 14.3 Å². The number of halogens is 2. The molecule has 0 spiro atoms. The van der Waals surface area contributed by atoms with Gasteiger partial charge in [-0.15, -0.1) is 0 Å². The van der Waals surface area contributed by atoms with Gasteiger partial charge in [0.05, 0.1) is 30.8 Å². The number of morpholine rings is 1. The van der Waals surface area contributed by atoms with Crippen molar-refractivity contribution in [1.29, 1.82) is 0 Å².